The lowest BCUT2D eigenvalue weighted by atomic mass is 9.71. The summed E-state index contributed by atoms with van der Waals surface area (Å²) in [5, 5.41) is 0. The summed E-state index contributed by atoms with van der Waals surface area (Å²) in [6.07, 6.45) is 10.8. The van der Waals surface area contributed by atoms with Crippen molar-refractivity contribution in [3.05, 3.63) is 12.7 Å². The van der Waals surface area contributed by atoms with Crippen molar-refractivity contribution in [2.24, 2.45) is 17.3 Å². The lowest BCUT2D eigenvalue weighted by Crippen LogP contribution is -2.39. The van der Waals surface area contributed by atoms with Crippen molar-refractivity contribution in [2.45, 2.75) is 77.6 Å². The second kappa shape index (κ2) is 7.47. The minimum absolute atomic E-state index is 0.258. The van der Waals surface area contributed by atoms with E-state index in [0.717, 1.165) is 50.8 Å². The topological polar surface area (TPSA) is 21.7 Å². The van der Waals surface area contributed by atoms with Gasteiger partial charge in [-0.3, -0.25) is 4.90 Å². The maximum absolute atomic E-state index is 6.43. The summed E-state index contributed by atoms with van der Waals surface area (Å²) >= 11 is 0. The van der Waals surface area contributed by atoms with Crippen LogP contribution in [0.3, 0.4) is 0 Å². The Balaban J connectivity index is 1.42. The van der Waals surface area contributed by atoms with Crippen molar-refractivity contribution < 1.29 is 9.47 Å². The molecule has 24 heavy (non-hydrogen) atoms. The third kappa shape index (κ3) is 4.83. The first-order valence-electron chi connectivity index (χ1n) is 10.1. The van der Waals surface area contributed by atoms with E-state index in [0.29, 0.717) is 5.41 Å². The van der Waals surface area contributed by atoms with Crippen molar-refractivity contribution >= 4 is 0 Å². The molecule has 3 rings (SSSR count). The fourth-order valence-corrected chi connectivity index (χ4v) is 4.38. The summed E-state index contributed by atoms with van der Waals surface area (Å²) in [5.41, 5.74) is 0.410. The van der Waals surface area contributed by atoms with Gasteiger partial charge in [-0.05, 0) is 49.4 Å². The highest BCUT2D eigenvalue weighted by molar-refractivity contribution is 4.89. The molecule has 1 unspecified atom stereocenters. The van der Waals surface area contributed by atoms with Crippen LogP contribution in [-0.2, 0) is 9.47 Å². The third-order valence-electron chi connectivity index (χ3n) is 6.25. The molecule has 2 aliphatic carbocycles. The zero-order valence-corrected chi connectivity index (χ0v) is 16.1. The van der Waals surface area contributed by atoms with Crippen LogP contribution in [0.15, 0.2) is 12.7 Å². The Morgan fingerprint density at radius 2 is 1.88 bits per heavy atom. The molecular formula is C21H37NO2. The zero-order chi connectivity index (χ0) is 17.2. The van der Waals surface area contributed by atoms with Crippen LogP contribution in [0.4, 0.5) is 0 Å². The van der Waals surface area contributed by atoms with Crippen LogP contribution in [0.2, 0.25) is 0 Å². The highest BCUT2D eigenvalue weighted by Gasteiger charge is 2.45. The summed E-state index contributed by atoms with van der Waals surface area (Å²) in [7, 11) is 0. The van der Waals surface area contributed by atoms with E-state index in [4.69, 9.17) is 9.47 Å². The van der Waals surface area contributed by atoms with Crippen molar-refractivity contribution in [2.75, 3.05) is 26.2 Å². The van der Waals surface area contributed by atoms with Gasteiger partial charge >= 0.3 is 0 Å². The molecule has 0 aromatic carbocycles. The summed E-state index contributed by atoms with van der Waals surface area (Å²) in [6, 6.07) is 0. The molecule has 0 aromatic heterocycles. The van der Waals surface area contributed by atoms with Crippen LogP contribution in [0.1, 0.15) is 65.7 Å². The third-order valence-corrected chi connectivity index (χ3v) is 6.25. The van der Waals surface area contributed by atoms with E-state index < -0.39 is 0 Å². The molecule has 1 aliphatic heterocycles. The highest BCUT2D eigenvalue weighted by Crippen LogP contribution is 2.45. The quantitative estimate of drug-likeness (QED) is 0.634. The van der Waals surface area contributed by atoms with Crippen LogP contribution in [-0.4, -0.2) is 43.0 Å². The monoisotopic (exact) mass is 335 g/mol. The molecule has 3 heteroatoms. The van der Waals surface area contributed by atoms with E-state index in [1.165, 1.54) is 32.2 Å². The number of hydrogen-bond donors (Lipinski definition) is 0. The van der Waals surface area contributed by atoms with Crippen molar-refractivity contribution in [1.29, 1.82) is 0 Å². The van der Waals surface area contributed by atoms with Gasteiger partial charge in [0.15, 0.2) is 5.79 Å². The van der Waals surface area contributed by atoms with Crippen molar-refractivity contribution in [3.63, 3.8) is 0 Å². The fourth-order valence-electron chi connectivity index (χ4n) is 4.38. The highest BCUT2D eigenvalue weighted by atomic mass is 16.7. The predicted octanol–water partition coefficient (Wildman–Crippen LogP) is 4.62. The van der Waals surface area contributed by atoms with Crippen LogP contribution in [0, 0.1) is 17.3 Å². The van der Waals surface area contributed by atoms with Crippen molar-refractivity contribution in [3.8, 4) is 0 Å². The standard InChI is InChI=1S/C21H37NO2/c1-5-13-22(15-17-6-7-17)14-10-19-16-23-21(24-19)11-8-18(9-12-21)20(2,3)4/h5,17-19H,1,6-16H2,2-4H3. The molecule has 1 heterocycles. The maximum Gasteiger partial charge on any atom is 0.168 e. The maximum atomic E-state index is 6.43. The zero-order valence-electron chi connectivity index (χ0n) is 16.1. The van der Waals surface area contributed by atoms with Gasteiger partial charge in [0.25, 0.3) is 0 Å². The molecule has 2 saturated carbocycles. The summed E-state index contributed by atoms with van der Waals surface area (Å²) < 4.78 is 12.6. The molecule has 0 radical (unpaired) electrons. The average Bonchev–Trinajstić information content (AvgIpc) is 3.26. The molecule has 0 amide bonds. The summed E-state index contributed by atoms with van der Waals surface area (Å²) in [5.74, 6) is 1.48. The minimum atomic E-state index is -0.258. The van der Waals surface area contributed by atoms with Crippen LogP contribution in [0.25, 0.3) is 0 Å². The van der Waals surface area contributed by atoms with E-state index in [1.54, 1.807) is 0 Å². The number of ether oxygens (including phenoxy) is 2. The Hall–Kier alpha value is -0.380. The molecule has 0 N–H and O–H groups in total. The van der Waals surface area contributed by atoms with Gasteiger partial charge in [0.2, 0.25) is 0 Å². The van der Waals surface area contributed by atoms with E-state index >= 15 is 0 Å². The Kier molecular flexibility index (Phi) is 5.73. The average molecular weight is 336 g/mol. The Morgan fingerprint density at radius 3 is 2.46 bits per heavy atom. The number of hydrogen-bond acceptors (Lipinski definition) is 3. The first-order chi connectivity index (χ1) is 11.4. The molecular weight excluding hydrogens is 298 g/mol. The smallest absolute Gasteiger partial charge is 0.168 e. The summed E-state index contributed by atoms with van der Waals surface area (Å²) in [4.78, 5) is 2.54. The van der Waals surface area contributed by atoms with Gasteiger partial charge in [0.05, 0.1) is 12.7 Å². The van der Waals surface area contributed by atoms with Gasteiger partial charge in [0.1, 0.15) is 0 Å². The van der Waals surface area contributed by atoms with E-state index in [9.17, 15) is 0 Å². The Labute approximate surface area is 148 Å². The van der Waals surface area contributed by atoms with Gasteiger partial charge < -0.3 is 9.47 Å². The first kappa shape index (κ1) is 18.4. The molecule has 3 fully saturated rings. The fraction of sp³-hybridized carbons (Fsp3) is 0.905. The lowest BCUT2D eigenvalue weighted by molar-refractivity contribution is -0.197. The Bertz CT molecular complexity index is 416. The molecule has 1 saturated heterocycles. The lowest BCUT2D eigenvalue weighted by Gasteiger charge is -2.41. The van der Waals surface area contributed by atoms with Gasteiger partial charge in [-0.25, -0.2) is 0 Å². The van der Waals surface area contributed by atoms with E-state index in [2.05, 4.69) is 32.3 Å². The normalized spacial score (nSPS) is 34.2. The van der Waals surface area contributed by atoms with Crippen LogP contribution < -0.4 is 0 Å². The van der Waals surface area contributed by atoms with Gasteiger partial charge in [-0.1, -0.05) is 26.8 Å². The second-order valence-electron chi connectivity index (χ2n) is 9.38. The van der Waals surface area contributed by atoms with Gasteiger partial charge in [0, 0.05) is 32.5 Å². The number of rotatable bonds is 7. The summed E-state index contributed by atoms with van der Waals surface area (Å²) in [6.45, 7) is 15.1. The molecule has 1 atom stereocenters. The Morgan fingerprint density at radius 1 is 1.17 bits per heavy atom. The second-order valence-corrected chi connectivity index (χ2v) is 9.38. The van der Waals surface area contributed by atoms with Gasteiger partial charge in [-0.2, -0.15) is 0 Å². The van der Waals surface area contributed by atoms with Crippen LogP contribution in [0.5, 0.6) is 0 Å². The molecule has 0 bridgehead atoms. The van der Waals surface area contributed by atoms with Gasteiger partial charge in [-0.15, -0.1) is 6.58 Å². The molecule has 1 spiro atoms. The van der Waals surface area contributed by atoms with E-state index in [-0.39, 0.29) is 11.9 Å². The molecule has 0 aromatic rings. The molecule has 3 aliphatic rings. The largest absolute Gasteiger partial charge is 0.347 e. The predicted molar refractivity (Wildman–Crippen MR) is 98.9 cm³/mol. The van der Waals surface area contributed by atoms with Crippen LogP contribution >= 0.6 is 0 Å². The van der Waals surface area contributed by atoms with E-state index in [1.807, 2.05) is 6.08 Å². The SMILES string of the molecule is C=CCN(CCC1COC2(CCC(C(C)(C)C)CC2)O1)CC1CC1. The minimum Gasteiger partial charge on any atom is -0.347 e. The molecule has 3 nitrogen and oxygen atoms in total. The number of nitrogens with zero attached hydrogens (tertiary/aromatic N) is 1. The van der Waals surface area contributed by atoms with Crippen molar-refractivity contribution in [1.82, 2.24) is 4.90 Å². The molecule has 138 valence electrons. The first-order valence-corrected chi connectivity index (χ1v) is 10.1.